The van der Waals surface area contributed by atoms with Crippen molar-refractivity contribution >= 4 is 56.8 Å². The van der Waals surface area contributed by atoms with Gasteiger partial charge in [-0.2, -0.15) is 0 Å². The SMILES string of the molecule is COC(=O)COc1ccc(Br)cc1/C=C1/SC(=O)N(CC(=O)N2CCOCC2)C1=O. The zero-order valence-corrected chi connectivity index (χ0v) is 18.5. The van der Waals surface area contributed by atoms with Crippen LogP contribution >= 0.6 is 27.7 Å². The van der Waals surface area contributed by atoms with E-state index < -0.39 is 17.1 Å². The first kappa shape index (κ1) is 22.3. The standard InChI is InChI=1S/C19H19BrN2O7S/c1-27-17(24)11-29-14-3-2-13(20)8-12(14)9-15-18(25)22(19(26)30-15)10-16(23)21-4-6-28-7-5-21/h2-3,8-9H,4-7,10-11H2,1H3/b15-9+. The fraction of sp³-hybridized carbons (Fsp3) is 0.368. The lowest BCUT2D eigenvalue weighted by Gasteiger charge is -2.28. The summed E-state index contributed by atoms with van der Waals surface area (Å²) in [6.07, 6.45) is 1.50. The van der Waals surface area contributed by atoms with Gasteiger partial charge in [-0.3, -0.25) is 19.3 Å². The molecular weight excluding hydrogens is 480 g/mol. The van der Waals surface area contributed by atoms with Crippen LogP contribution < -0.4 is 4.74 Å². The van der Waals surface area contributed by atoms with Gasteiger partial charge in [0.2, 0.25) is 5.91 Å². The van der Waals surface area contributed by atoms with Crippen LogP contribution in [-0.4, -0.2) is 79.4 Å². The van der Waals surface area contributed by atoms with E-state index in [-0.39, 0.29) is 24.0 Å². The zero-order valence-electron chi connectivity index (χ0n) is 16.1. The van der Waals surface area contributed by atoms with Crippen molar-refractivity contribution in [3.05, 3.63) is 33.1 Å². The van der Waals surface area contributed by atoms with E-state index in [0.29, 0.717) is 37.6 Å². The second kappa shape index (κ2) is 10.1. The van der Waals surface area contributed by atoms with E-state index in [2.05, 4.69) is 20.7 Å². The van der Waals surface area contributed by atoms with Gasteiger partial charge in [-0.05, 0) is 36.0 Å². The van der Waals surface area contributed by atoms with E-state index in [1.165, 1.54) is 13.2 Å². The molecular formula is C19H19BrN2O7S. The average Bonchev–Trinajstić information content (AvgIpc) is 3.00. The first-order valence-corrected chi connectivity index (χ1v) is 10.6. The maximum atomic E-state index is 12.7. The summed E-state index contributed by atoms with van der Waals surface area (Å²) < 4.78 is 15.9. The molecule has 1 aromatic rings. The third kappa shape index (κ3) is 5.41. The Morgan fingerprint density at radius 1 is 1.27 bits per heavy atom. The molecule has 0 N–H and O–H groups in total. The van der Waals surface area contributed by atoms with Crippen LogP contribution in [0.15, 0.2) is 27.6 Å². The molecule has 0 atom stereocenters. The van der Waals surface area contributed by atoms with Crippen LogP contribution in [-0.2, 0) is 23.9 Å². The Morgan fingerprint density at radius 3 is 2.70 bits per heavy atom. The molecule has 3 amide bonds. The Hall–Kier alpha value is -2.37. The number of benzene rings is 1. The molecule has 0 aliphatic carbocycles. The Labute approximate surface area is 185 Å². The Kier molecular flexibility index (Phi) is 7.51. The summed E-state index contributed by atoms with van der Waals surface area (Å²) >= 11 is 4.10. The molecule has 0 radical (unpaired) electrons. The van der Waals surface area contributed by atoms with E-state index in [4.69, 9.17) is 9.47 Å². The van der Waals surface area contributed by atoms with Crippen molar-refractivity contribution in [3.63, 3.8) is 0 Å². The summed E-state index contributed by atoms with van der Waals surface area (Å²) in [7, 11) is 1.25. The van der Waals surface area contributed by atoms with Gasteiger partial charge < -0.3 is 19.1 Å². The van der Waals surface area contributed by atoms with Crippen LogP contribution in [0.5, 0.6) is 5.75 Å². The molecule has 11 heteroatoms. The zero-order chi connectivity index (χ0) is 21.7. The summed E-state index contributed by atoms with van der Waals surface area (Å²) in [5, 5.41) is -0.514. The highest BCUT2D eigenvalue weighted by atomic mass is 79.9. The second-order valence-electron chi connectivity index (χ2n) is 6.31. The number of thioether (sulfide) groups is 1. The summed E-state index contributed by atoms with van der Waals surface area (Å²) in [6.45, 7) is 1.13. The van der Waals surface area contributed by atoms with E-state index in [1.807, 2.05) is 0 Å². The third-order valence-corrected chi connectivity index (χ3v) is 5.76. The molecule has 2 heterocycles. The molecule has 9 nitrogen and oxygen atoms in total. The topological polar surface area (TPSA) is 102 Å². The van der Waals surface area contributed by atoms with Gasteiger partial charge >= 0.3 is 5.97 Å². The highest BCUT2D eigenvalue weighted by Crippen LogP contribution is 2.35. The summed E-state index contributed by atoms with van der Waals surface area (Å²) in [5.74, 6) is -1.05. The van der Waals surface area contributed by atoms with Crippen LogP contribution in [0, 0.1) is 0 Å². The molecule has 0 aromatic heterocycles. The molecule has 3 rings (SSSR count). The highest BCUT2D eigenvalue weighted by molar-refractivity contribution is 9.10. The molecule has 2 saturated heterocycles. The van der Waals surface area contributed by atoms with Crippen molar-refractivity contribution in [1.82, 2.24) is 9.80 Å². The van der Waals surface area contributed by atoms with Gasteiger partial charge in [0.1, 0.15) is 12.3 Å². The number of hydrogen-bond donors (Lipinski definition) is 0. The molecule has 1 aromatic carbocycles. The molecule has 0 unspecified atom stereocenters. The molecule has 30 heavy (non-hydrogen) atoms. The van der Waals surface area contributed by atoms with Crippen LogP contribution in [0.2, 0.25) is 0 Å². The lowest BCUT2D eigenvalue weighted by molar-refractivity contribution is -0.143. The number of imide groups is 1. The van der Waals surface area contributed by atoms with E-state index in [0.717, 1.165) is 21.1 Å². The smallest absolute Gasteiger partial charge is 0.343 e. The van der Waals surface area contributed by atoms with Crippen LogP contribution in [0.4, 0.5) is 4.79 Å². The predicted octanol–water partition coefficient (Wildman–Crippen LogP) is 1.90. The van der Waals surface area contributed by atoms with Gasteiger partial charge in [-0.1, -0.05) is 15.9 Å². The molecule has 0 spiro atoms. The first-order valence-electron chi connectivity index (χ1n) is 8.99. The van der Waals surface area contributed by atoms with Gasteiger partial charge in [-0.15, -0.1) is 0 Å². The van der Waals surface area contributed by atoms with E-state index >= 15 is 0 Å². The summed E-state index contributed by atoms with van der Waals surface area (Å²) in [6, 6.07) is 5.04. The predicted molar refractivity (Wildman–Crippen MR) is 112 cm³/mol. The summed E-state index contributed by atoms with van der Waals surface area (Å²) in [5.41, 5.74) is 0.498. The van der Waals surface area contributed by atoms with Crippen molar-refractivity contribution < 1.29 is 33.4 Å². The monoisotopic (exact) mass is 498 g/mol. The van der Waals surface area contributed by atoms with Crippen molar-refractivity contribution in [2.75, 3.05) is 46.6 Å². The van der Waals surface area contributed by atoms with Gasteiger partial charge in [0.15, 0.2) is 6.61 Å². The quantitative estimate of drug-likeness (QED) is 0.432. The number of methoxy groups -OCH3 is 1. The fourth-order valence-electron chi connectivity index (χ4n) is 2.78. The maximum Gasteiger partial charge on any atom is 0.343 e. The Morgan fingerprint density at radius 2 is 2.00 bits per heavy atom. The van der Waals surface area contributed by atoms with Crippen LogP contribution in [0.3, 0.4) is 0 Å². The number of carbonyl (C=O) groups is 4. The highest BCUT2D eigenvalue weighted by Gasteiger charge is 2.37. The number of ether oxygens (including phenoxy) is 3. The third-order valence-electron chi connectivity index (χ3n) is 4.36. The first-order chi connectivity index (χ1) is 14.4. The van der Waals surface area contributed by atoms with E-state index in [1.54, 1.807) is 23.1 Å². The number of rotatable bonds is 6. The second-order valence-corrected chi connectivity index (χ2v) is 8.22. The minimum absolute atomic E-state index is 0.163. The molecule has 0 saturated carbocycles. The van der Waals surface area contributed by atoms with Gasteiger partial charge in [0.05, 0.1) is 25.2 Å². The van der Waals surface area contributed by atoms with E-state index in [9.17, 15) is 19.2 Å². The van der Waals surface area contributed by atoms with Crippen LogP contribution in [0.25, 0.3) is 6.08 Å². The number of morpholine rings is 1. The van der Waals surface area contributed by atoms with Crippen molar-refractivity contribution in [1.29, 1.82) is 0 Å². The average molecular weight is 499 g/mol. The number of amides is 3. The molecule has 2 fully saturated rings. The van der Waals surface area contributed by atoms with Gasteiger partial charge in [-0.25, -0.2) is 4.79 Å². The summed E-state index contributed by atoms with van der Waals surface area (Å²) in [4.78, 5) is 51.5. The molecule has 160 valence electrons. The minimum atomic E-state index is -0.550. The number of halogens is 1. The maximum absolute atomic E-state index is 12.7. The fourth-order valence-corrected chi connectivity index (χ4v) is 3.99. The van der Waals surface area contributed by atoms with Gasteiger partial charge in [0, 0.05) is 23.1 Å². The minimum Gasteiger partial charge on any atom is -0.481 e. The largest absolute Gasteiger partial charge is 0.481 e. The number of esters is 1. The number of carbonyl (C=O) groups excluding carboxylic acids is 4. The van der Waals surface area contributed by atoms with Gasteiger partial charge in [0.25, 0.3) is 11.1 Å². The van der Waals surface area contributed by atoms with Crippen molar-refractivity contribution in [2.45, 2.75) is 0 Å². The molecule has 0 bridgehead atoms. The lowest BCUT2D eigenvalue weighted by atomic mass is 10.2. The number of hydrogen-bond acceptors (Lipinski definition) is 8. The molecule has 2 aliphatic rings. The Balaban J connectivity index is 1.75. The Bertz CT molecular complexity index is 899. The van der Waals surface area contributed by atoms with Crippen LogP contribution in [0.1, 0.15) is 5.56 Å². The number of nitrogens with zero attached hydrogens (tertiary/aromatic N) is 2. The lowest BCUT2D eigenvalue weighted by Crippen LogP contribution is -2.46. The normalized spacial score (nSPS) is 18.1. The van der Waals surface area contributed by atoms with Crippen molar-refractivity contribution in [3.8, 4) is 5.75 Å². The molecule has 2 aliphatic heterocycles. The van der Waals surface area contributed by atoms with Crippen molar-refractivity contribution in [2.24, 2.45) is 0 Å².